The van der Waals surface area contributed by atoms with Gasteiger partial charge in [0.15, 0.2) is 6.61 Å². The van der Waals surface area contributed by atoms with Gasteiger partial charge in [0, 0.05) is 18.8 Å². The lowest BCUT2D eigenvalue weighted by atomic mass is 10.2. The van der Waals surface area contributed by atoms with Crippen LogP contribution in [0.25, 0.3) is 0 Å². The number of sulfonamides is 1. The lowest BCUT2D eigenvalue weighted by Gasteiger charge is -2.19. The van der Waals surface area contributed by atoms with Crippen LogP contribution in [0.3, 0.4) is 0 Å². The summed E-state index contributed by atoms with van der Waals surface area (Å²) in [4.78, 5) is 24.1. The number of carbonyl (C=O) groups is 2. The Balaban J connectivity index is 2.11. The summed E-state index contributed by atoms with van der Waals surface area (Å²) in [5.41, 5.74) is 0.0230. The minimum absolute atomic E-state index is 0.0148. The molecule has 0 aromatic heterocycles. The average Bonchev–Trinajstić information content (AvgIpc) is 2.67. The Labute approximate surface area is 173 Å². The van der Waals surface area contributed by atoms with Gasteiger partial charge in [-0.1, -0.05) is 31.5 Å². The van der Waals surface area contributed by atoms with Crippen LogP contribution in [-0.2, 0) is 19.6 Å². The van der Waals surface area contributed by atoms with E-state index in [1.165, 1.54) is 34.6 Å². The molecule has 0 atom stereocenters. The van der Waals surface area contributed by atoms with Gasteiger partial charge < -0.3 is 10.1 Å². The molecule has 0 spiro atoms. The predicted octanol–water partition coefficient (Wildman–Crippen LogP) is 3.31. The number of carbonyl (C=O) groups excluding carboxylic acids is 2. The summed E-state index contributed by atoms with van der Waals surface area (Å²) in [6.45, 7) is 3.27. The maximum absolute atomic E-state index is 13.1. The zero-order valence-corrected chi connectivity index (χ0v) is 17.4. The van der Waals surface area contributed by atoms with Crippen molar-refractivity contribution in [2.24, 2.45) is 0 Å². The monoisotopic (exact) mass is 442 g/mol. The highest BCUT2D eigenvalue weighted by atomic mass is 35.5. The van der Waals surface area contributed by atoms with Crippen LogP contribution in [0, 0.1) is 5.82 Å². The molecule has 0 aliphatic carbocycles. The van der Waals surface area contributed by atoms with E-state index >= 15 is 0 Å². The number of hydrogen-bond acceptors (Lipinski definition) is 5. The zero-order chi connectivity index (χ0) is 21.6. The summed E-state index contributed by atoms with van der Waals surface area (Å²) in [5.74, 6) is -2.18. The molecule has 0 bridgehead atoms. The molecule has 0 aliphatic heterocycles. The molecule has 0 radical (unpaired) electrons. The minimum atomic E-state index is -3.80. The number of nitrogens with zero attached hydrogens (tertiary/aromatic N) is 1. The number of ether oxygens (including phenoxy) is 1. The molecule has 1 N–H and O–H groups in total. The van der Waals surface area contributed by atoms with Gasteiger partial charge in [0.1, 0.15) is 5.82 Å². The molecule has 1 amide bonds. The third-order valence-electron chi connectivity index (χ3n) is 3.94. The molecule has 0 unspecified atom stereocenters. The van der Waals surface area contributed by atoms with Gasteiger partial charge in [0.25, 0.3) is 5.91 Å². The molecule has 29 heavy (non-hydrogen) atoms. The van der Waals surface area contributed by atoms with E-state index in [9.17, 15) is 22.4 Å². The summed E-state index contributed by atoms with van der Waals surface area (Å²) in [6, 6.07) is 8.91. The summed E-state index contributed by atoms with van der Waals surface area (Å²) < 4.78 is 44.5. The van der Waals surface area contributed by atoms with Gasteiger partial charge in [-0.3, -0.25) is 4.79 Å². The molecule has 0 aliphatic rings. The van der Waals surface area contributed by atoms with Gasteiger partial charge in [0.05, 0.1) is 15.5 Å². The largest absolute Gasteiger partial charge is 0.452 e. The second-order valence-corrected chi connectivity index (χ2v) is 8.21. The smallest absolute Gasteiger partial charge is 0.340 e. The van der Waals surface area contributed by atoms with E-state index in [2.05, 4.69) is 5.32 Å². The van der Waals surface area contributed by atoms with Gasteiger partial charge in [-0.05, 0) is 36.4 Å². The molecule has 0 fully saturated rings. The highest BCUT2D eigenvalue weighted by molar-refractivity contribution is 7.89. The first-order valence-electron chi connectivity index (χ1n) is 8.71. The highest BCUT2D eigenvalue weighted by Gasteiger charge is 2.24. The Hall–Kier alpha value is -2.49. The third-order valence-corrected chi connectivity index (χ3v) is 6.32. The van der Waals surface area contributed by atoms with Crippen LogP contribution in [0.5, 0.6) is 0 Å². The van der Waals surface area contributed by atoms with E-state index in [0.29, 0.717) is 0 Å². The van der Waals surface area contributed by atoms with E-state index in [1.807, 2.05) is 0 Å². The fourth-order valence-electron chi connectivity index (χ4n) is 2.51. The number of nitrogens with one attached hydrogen (secondary N) is 1. The fourth-order valence-corrected chi connectivity index (χ4v) is 4.19. The Bertz CT molecular complexity index is 1010. The van der Waals surface area contributed by atoms with Crippen molar-refractivity contribution in [2.45, 2.75) is 18.7 Å². The first kappa shape index (κ1) is 22.8. The van der Waals surface area contributed by atoms with Crippen molar-refractivity contribution in [1.29, 1.82) is 0 Å². The van der Waals surface area contributed by atoms with E-state index in [1.54, 1.807) is 13.8 Å². The average molecular weight is 443 g/mol. The van der Waals surface area contributed by atoms with Crippen molar-refractivity contribution < 1.29 is 27.1 Å². The standard InChI is InChI=1S/C19H20ClFN2O5S/c1-3-23(4-2)29(26,27)15-8-9-17(20)16(11-15)19(25)28-12-18(24)22-14-7-5-6-13(21)10-14/h5-11H,3-4,12H2,1-2H3,(H,22,24). The van der Waals surface area contributed by atoms with Crippen LogP contribution in [0.2, 0.25) is 5.02 Å². The van der Waals surface area contributed by atoms with E-state index in [-0.39, 0.29) is 34.3 Å². The van der Waals surface area contributed by atoms with Gasteiger partial charge in [0.2, 0.25) is 10.0 Å². The molecule has 10 heteroatoms. The van der Waals surface area contributed by atoms with Gasteiger partial charge in [-0.2, -0.15) is 4.31 Å². The molecule has 2 aromatic rings. The minimum Gasteiger partial charge on any atom is -0.452 e. The first-order valence-corrected chi connectivity index (χ1v) is 10.5. The molecule has 0 saturated heterocycles. The van der Waals surface area contributed by atoms with Crippen molar-refractivity contribution in [3.05, 3.63) is 58.9 Å². The summed E-state index contributed by atoms with van der Waals surface area (Å²) in [7, 11) is -3.80. The van der Waals surface area contributed by atoms with Crippen molar-refractivity contribution in [3.8, 4) is 0 Å². The summed E-state index contributed by atoms with van der Waals surface area (Å²) in [5, 5.41) is 2.36. The number of benzene rings is 2. The van der Waals surface area contributed by atoms with Crippen molar-refractivity contribution in [2.75, 3.05) is 25.0 Å². The molecule has 0 heterocycles. The summed E-state index contributed by atoms with van der Waals surface area (Å²) >= 11 is 6.00. The topological polar surface area (TPSA) is 92.8 Å². The number of anilines is 1. The van der Waals surface area contributed by atoms with E-state index in [0.717, 1.165) is 12.1 Å². The van der Waals surface area contributed by atoms with E-state index < -0.39 is 34.3 Å². The lowest BCUT2D eigenvalue weighted by Crippen LogP contribution is -2.30. The fraction of sp³-hybridized carbons (Fsp3) is 0.263. The summed E-state index contributed by atoms with van der Waals surface area (Å²) in [6.07, 6.45) is 0. The number of halogens is 2. The Morgan fingerprint density at radius 3 is 2.45 bits per heavy atom. The molecule has 2 aromatic carbocycles. The number of esters is 1. The van der Waals surface area contributed by atoms with Gasteiger partial charge >= 0.3 is 5.97 Å². The molecule has 0 saturated carbocycles. The zero-order valence-electron chi connectivity index (χ0n) is 15.8. The Morgan fingerprint density at radius 1 is 1.14 bits per heavy atom. The lowest BCUT2D eigenvalue weighted by molar-refractivity contribution is -0.119. The van der Waals surface area contributed by atoms with Crippen LogP contribution in [0.15, 0.2) is 47.4 Å². The van der Waals surface area contributed by atoms with Crippen molar-refractivity contribution in [3.63, 3.8) is 0 Å². The van der Waals surface area contributed by atoms with Gasteiger partial charge in [-0.15, -0.1) is 0 Å². The SMILES string of the molecule is CCN(CC)S(=O)(=O)c1ccc(Cl)c(C(=O)OCC(=O)Nc2cccc(F)c2)c1. The molecular formula is C19H20ClFN2O5S. The van der Waals surface area contributed by atoms with Crippen LogP contribution in [0.1, 0.15) is 24.2 Å². The molecule has 7 nitrogen and oxygen atoms in total. The first-order chi connectivity index (χ1) is 13.7. The van der Waals surface area contributed by atoms with Crippen LogP contribution in [-0.4, -0.2) is 44.3 Å². The highest BCUT2D eigenvalue weighted by Crippen LogP contribution is 2.23. The maximum atomic E-state index is 13.1. The quantitative estimate of drug-likeness (QED) is 0.633. The van der Waals surface area contributed by atoms with Gasteiger partial charge in [-0.25, -0.2) is 17.6 Å². The van der Waals surface area contributed by atoms with Crippen molar-refractivity contribution >= 4 is 39.2 Å². The second kappa shape index (κ2) is 9.82. The number of hydrogen-bond donors (Lipinski definition) is 1. The van der Waals surface area contributed by atoms with Crippen LogP contribution >= 0.6 is 11.6 Å². The normalized spacial score (nSPS) is 11.3. The van der Waals surface area contributed by atoms with E-state index in [4.69, 9.17) is 16.3 Å². The third kappa shape index (κ3) is 5.75. The second-order valence-electron chi connectivity index (χ2n) is 5.87. The predicted molar refractivity (Wildman–Crippen MR) is 107 cm³/mol. The van der Waals surface area contributed by atoms with Crippen LogP contribution < -0.4 is 5.32 Å². The molecular weight excluding hydrogens is 423 g/mol. The van der Waals surface area contributed by atoms with Crippen LogP contribution in [0.4, 0.5) is 10.1 Å². The maximum Gasteiger partial charge on any atom is 0.340 e. The molecule has 156 valence electrons. The number of rotatable bonds is 8. The Morgan fingerprint density at radius 2 is 1.83 bits per heavy atom. The van der Waals surface area contributed by atoms with Crippen molar-refractivity contribution in [1.82, 2.24) is 4.31 Å². The number of amides is 1. The molecule has 2 rings (SSSR count). The Kier molecular flexibility index (Phi) is 7.72.